The molecular formula is C49H25B12N3OS2. The zero-order valence-electron chi connectivity index (χ0n) is 36.2. The molecule has 4 nitrogen and oxygen atoms in total. The second kappa shape index (κ2) is 18.6. The minimum absolute atomic E-state index is 0.0830. The number of aliphatic imine (C=N–C) groups is 3. The number of phenolic OH excluding ortho intramolecular Hbond substituents is 1. The average Bonchev–Trinajstić information content (AvgIpc) is 3.78. The van der Waals surface area contributed by atoms with Gasteiger partial charge in [0.2, 0.25) is 0 Å². The molecule has 2 aliphatic carbocycles. The lowest BCUT2D eigenvalue weighted by atomic mass is 9.64. The van der Waals surface area contributed by atoms with Gasteiger partial charge in [0.1, 0.15) is 92.1 Å². The van der Waals surface area contributed by atoms with Crippen LogP contribution in [0, 0.1) is 0 Å². The first-order chi connectivity index (χ1) is 32.1. The van der Waals surface area contributed by atoms with Crippen molar-refractivity contribution in [3.05, 3.63) is 122 Å². The molecule has 67 heavy (non-hydrogen) atoms. The first kappa shape index (κ1) is 46.7. The highest BCUT2D eigenvalue weighted by Gasteiger charge is 2.25. The molecule has 0 fully saturated rings. The van der Waals surface area contributed by atoms with E-state index in [0.717, 1.165) is 28.7 Å². The minimum Gasteiger partial charge on any atom is -0.509 e. The molecule has 0 saturated carbocycles. The first-order valence-electron chi connectivity index (χ1n) is 20.9. The molecule has 0 atom stereocenters. The number of benzene rings is 5. The molecule has 0 spiro atoms. The molecule has 0 unspecified atom stereocenters. The Morgan fingerprint density at radius 1 is 0.657 bits per heavy atom. The quantitative estimate of drug-likeness (QED) is 0.129. The van der Waals surface area contributed by atoms with Crippen LogP contribution >= 0.6 is 22.7 Å². The van der Waals surface area contributed by atoms with E-state index in [1.807, 2.05) is 42.5 Å². The standard InChI is InChI=1S/C49H25B12N3OS2/c1-62-48(22-13-11-21(12-14-22)24-10-6-9-23(15-24)20-7-4-2-3-5-8-20)64-49(31-25(18-50)32-34-37(55)30(65)17-29(53)45(34)66-44(32)28(52)16-27(31)51)63-19-26-33-35-38(56)40(58)41(59)43(61)47(35)67-46(33)42(60)39(57)36(26)54/h2-4,6-15,17,65H,1,5,16,18-19H2. The van der Waals surface area contributed by atoms with Gasteiger partial charge < -0.3 is 5.11 Å². The first-order valence-corrected chi connectivity index (χ1v) is 22.6. The second-order valence-electron chi connectivity index (χ2n) is 16.2. The van der Waals surface area contributed by atoms with E-state index in [9.17, 15) is 5.11 Å². The van der Waals surface area contributed by atoms with Crippen molar-refractivity contribution >= 4 is 231 Å². The van der Waals surface area contributed by atoms with E-state index in [1.54, 1.807) is 0 Å². The molecule has 0 amide bonds. The summed E-state index contributed by atoms with van der Waals surface area (Å²) in [6.07, 6.45) is 11.4. The molecule has 290 valence electrons. The third-order valence-electron chi connectivity index (χ3n) is 12.2. The van der Waals surface area contributed by atoms with Crippen molar-refractivity contribution in [3.8, 4) is 16.9 Å². The van der Waals surface area contributed by atoms with Crippen molar-refractivity contribution in [1.82, 2.24) is 0 Å². The van der Waals surface area contributed by atoms with Gasteiger partial charge in [0, 0.05) is 40.4 Å². The van der Waals surface area contributed by atoms with Gasteiger partial charge in [-0.1, -0.05) is 112 Å². The fourth-order valence-electron chi connectivity index (χ4n) is 8.73. The Morgan fingerprint density at radius 3 is 2.06 bits per heavy atom. The largest absolute Gasteiger partial charge is 0.509 e. The van der Waals surface area contributed by atoms with Gasteiger partial charge in [-0.25, -0.2) is 9.98 Å². The molecule has 9 rings (SSSR count). The molecule has 1 N–H and O–H groups in total. The second-order valence-corrected chi connectivity index (χ2v) is 18.2. The van der Waals surface area contributed by atoms with Crippen LogP contribution in [0.4, 0.5) is 0 Å². The fourth-order valence-corrected chi connectivity index (χ4v) is 11.2. The molecule has 24 radical (unpaired) electrons. The topological polar surface area (TPSA) is 57.3 Å². The van der Waals surface area contributed by atoms with Crippen molar-refractivity contribution in [1.29, 1.82) is 0 Å². The van der Waals surface area contributed by atoms with E-state index in [1.165, 1.54) is 28.7 Å². The lowest BCUT2D eigenvalue weighted by Gasteiger charge is -2.19. The van der Waals surface area contributed by atoms with Gasteiger partial charge in [-0.05, 0) is 81.3 Å². The number of phenols is 1. The molecule has 2 heterocycles. The van der Waals surface area contributed by atoms with Crippen LogP contribution in [0.3, 0.4) is 0 Å². The van der Waals surface area contributed by atoms with Crippen LogP contribution in [0.1, 0.15) is 29.5 Å². The van der Waals surface area contributed by atoms with E-state index < -0.39 is 0 Å². The van der Waals surface area contributed by atoms with Gasteiger partial charge in [-0.3, -0.25) is 4.99 Å². The number of hydrogen-bond acceptors (Lipinski definition) is 4. The summed E-state index contributed by atoms with van der Waals surface area (Å²) in [5, 5.41) is 13.0. The van der Waals surface area contributed by atoms with Gasteiger partial charge in [0.15, 0.2) is 11.7 Å². The van der Waals surface area contributed by atoms with Gasteiger partial charge in [0.05, 0.1) is 14.4 Å². The number of allylic oxidation sites excluding steroid dienone is 7. The van der Waals surface area contributed by atoms with Crippen molar-refractivity contribution in [2.75, 3.05) is 0 Å². The third kappa shape index (κ3) is 8.06. The van der Waals surface area contributed by atoms with Crippen molar-refractivity contribution in [2.24, 2.45) is 15.0 Å². The smallest absolute Gasteiger partial charge is 0.161 e. The van der Waals surface area contributed by atoms with Crippen LogP contribution in [0.5, 0.6) is 5.75 Å². The maximum absolute atomic E-state index is 10.9. The molecule has 0 bridgehead atoms. The summed E-state index contributed by atoms with van der Waals surface area (Å²) in [5.74, 6) is 0.109. The molecule has 2 aromatic heterocycles. The number of amidine groups is 2. The maximum atomic E-state index is 10.9. The molecule has 2 aliphatic rings. The molecule has 18 heteroatoms. The number of hydrogen-bond donors (Lipinski definition) is 1. The Kier molecular flexibility index (Phi) is 12.9. The summed E-state index contributed by atoms with van der Waals surface area (Å²) in [6, 6.07) is 17.6. The van der Waals surface area contributed by atoms with Gasteiger partial charge in [-0.15, -0.1) is 44.5 Å². The molecule has 0 aliphatic heterocycles. The van der Waals surface area contributed by atoms with E-state index in [4.69, 9.17) is 104 Å². The van der Waals surface area contributed by atoms with Crippen LogP contribution < -0.4 is 58.9 Å². The number of nitrogens with zero attached hydrogens (tertiary/aromatic N) is 3. The highest BCUT2D eigenvalue weighted by molar-refractivity contribution is 7.28. The number of aromatic hydroxyl groups is 1. The van der Waals surface area contributed by atoms with E-state index in [0.29, 0.717) is 78.7 Å². The summed E-state index contributed by atoms with van der Waals surface area (Å²) in [6.45, 7) is 3.77. The average molecular weight is 866 g/mol. The zero-order valence-corrected chi connectivity index (χ0v) is 37.8. The van der Waals surface area contributed by atoms with Gasteiger partial charge >= 0.3 is 0 Å². The summed E-state index contributed by atoms with van der Waals surface area (Å²) < 4.78 is 2.37. The third-order valence-corrected chi connectivity index (χ3v) is 14.8. The maximum Gasteiger partial charge on any atom is 0.161 e. The normalized spacial score (nSPS) is 14.5. The summed E-state index contributed by atoms with van der Waals surface area (Å²) in [5.41, 5.74) is 8.52. The van der Waals surface area contributed by atoms with E-state index in [-0.39, 0.29) is 80.4 Å². The lowest BCUT2D eigenvalue weighted by Crippen LogP contribution is -2.47. The van der Waals surface area contributed by atoms with E-state index >= 15 is 0 Å². The van der Waals surface area contributed by atoms with Crippen molar-refractivity contribution in [2.45, 2.75) is 25.7 Å². The predicted octanol–water partition coefficient (Wildman–Crippen LogP) is -0.728. The Hall–Kier alpha value is -5.43. The number of thiophene rings is 2. The zero-order chi connectivity index (χ0) is 47.6. The lowest BCUT2D eigenvalue weighted by molar-refractivity contribution is 0.481. The highest BCUT2D eigenvalue weighted by atomic mass is 32.1. The van der Waals surface area contributed by atoms with E-state index in [2.05, 4.69) is 48.1 Å². The summed E-state index contributed by atoms with van der Waals surface area (Å²) in [4.78, 5) is 14.7. The number of fused-ring (bicyclic) bond motifs is 6. The minimum atomic E-state index is -0.204. The predicted molar refractivity (Wildman–Crippen MR) is 301 cm³/mol. The van der Waals surface area contributed by atoms with Crippen LogP contribution in [0.2, 0.25) is 6.32 Å². The molecular weight excluding hydrogens is 840 g/mol. The Bertz CT molecular complexity index is 3640. The fraction of sp³-hybridized carbons (Fsp3) is 0.0816. The SMILES string of the molecule is [B]CC1=c2c(sc3c([B])cc(O)c([B])c23)=C([B])CC([B])=C1C(=NCc1c([B])c([B])c([B])c2sc3c([B])c([B])c([B])c([B])c3c12)N=C(N=C)c1ccc(-c2cccc(C3=CCC=CC=C3)c2)cc1. The molecule has 0 saturated heterocycles. The van der Waals surface area contributed by atoms with Crippen LogP contribution in [-0.2, 0) is 6.54 Å². The van der Waals surface area contributed by atoms with Gasteiger partial charge in [-0.2, -0.15) is 0 Å². The van der Waals surface area contributed by atoms with Crippen LogP contribution in [0.25, 0.3) is 58.0 Å². The van der Waals surface area contributed by atoms with Crippen LogP contribution in [0.15, 0.2) is 111 Å². The monoisotopic (exact) mass is 867 g/mol. The highest BCUT2D eigenvalue weighted by Crippen LogP contribution is 2.33. The summed E-state index contributed by atoms with van der Waals surface area (Å²) in [7, 11) is 79.7. The molecule has 5 aromatic carbocycles. The Morgan fingerprint density at radius 2 is 1.34 bits per heavy atom. The van der Waals surface area contributed by atoms with Crippen LogP contribution in [-0.4, -0.2) is 118 Å². The Balaban J connectivity index is 1.27. The molecule has 7 aromatic rings. The van der Waals surface area contributed by atoms with Crippen molar-refractivity contribution in [3.63, 3.8) is 0 Å². The van der Waals surface area contributed by atoms with Crippen molar-refractivity contribution < 1.29 is 5.11 Å². The summed E-state index contributed by atoms with van der Waals surface area (Å²) >= 11 is 2.58. The van der Waals surface area contributed by atoms with Gasteiger partial charge in [0.25, 0.3) is 0 Å². The number of rotatable bonds is 7. The Labute approximate surface area is 413 Å².